The van der Waals surface area contributed by atoms with Crippen LogP contribution in [0.15, 0.2) is 28.0 Å². The van der Waals surface area contributed by atoms with Crippen LogP contribution in [0.25, 0.3) is 0 Å². The summed E-state index contributed by atoms with van der Waals surface area (Å²) < 4.78 is 7.74. The van der Waals surface area contributed by atoms with Crippen molar-refractivity contribution in [1.29, 1.82) is 0 Å². The van der Waals surface area contributed by atoms with Gasteiger partial charge in [0.15, 0.2) is 5.96 Å². The number of hydrogen-bond acceptors (Lipinski definition) is 4. The second-order valence-corrected chi connectivity index (χ2v) is 7.12. The van der Waals surface area contributed by atoms with Gasteiger partial charge in [0.2, 0.25) is 5.89 Å². The van der Waals surface area contributed by atoms with Crippen molar-refractivity contribution < 1.29 is 4.42 Å². The number of hydrogen-bond donors (Lipinski definition) is 2. The van der Waals surface area contributed by atoms with Gasteiger partial charge in [-0.05, 0) is 25.8 Å². The van der Waals surface area contributed by atoms with E-state index >= 15 is 0 Å². The summed E-state index contributed by atoms with van der Waals surface area (Å²) in [7, 11) is 0. The summed E-state index contributed by atoms with van der Waals surface area (Å²) in [5, 5.41) is 10.9. The normalized spacial score (nSPS) is 12.4. The Bertz CT molecular complexity index is 680. The second-order valence-electron chi connectivity index (χ2n) is 7.12. The summed E-state index contributed by atoms with van der Waals surface area (Å²) >= 11 is 0. The van der Waals surface area contributed by atoms with Gasteiger partial charge >= 0.3 is 0 Å². The minimum atomic E-state index is -0.0391. The molecule has 0 bridgehead atoms. The molecule has 25 heavy (non-hydrogen) atoms. The van der Waals surface area contributed by atoms with Gasteiger partial charge in [-0.15, -0.1) is 0 Å². The van der Waals surface area contributed by atoms with Crippen LogP contribution >= 0.6 is 0 Å². The maximum Gasteiger partial charge on any atom is 0.216 e. The van der Waals surface area contributed by atoms with E-state index in [0.29, 0.717) is 12.4 Å². The summed E-state index contributed by atoms with van der Waals surface area (Å²) in [6.07, 6.45) is 6.69. The Labute approximate surface area is 149 Å². The van der Waals surface area contributed by atoms with Crippen LogP contribution in [-0.2, 0) is 18.5 Å². The van der Waals surface area contributed by atoms with Gasteiger partial charge in [0.05, 0.1) is 12.4 Å². The summed E-state index contributed by atoms with van der Waals surface area (Å²) in [5.74, 6) is 2.29. The standard InChI is InChI=1S/C18H30N6O/c1-6-19-17(20-8-7-9-24-13-14(2)10-23-24)22-12-16-21-11-15(25-16)18(3,4)5/h10-11,13H,6-9,12H2,1-5H3,(H2,19,20,22). The van der Waals surface area contributed by atoms with Crippen molar-refractivity contribution in [2.75, 3.05) is 13.1 Å². The molecule has 0 amide bonds. The summed E-state index contributed by atoms with van der Waals surface area (Å²) in [5.41, 5.74) is 1.14. The molecule has 7 heteroatoms. The predicted octanol–water partition coefficient (Wildman–Crippen LogP) is 2.62. The molecule has 0 unspecified atom stereocenters. The molecule has 0 radical (unpaired) electrons. The highest BCUT2D eigenvalue weighted by atomic mass is 16.4. The third kappa shape index (κ3) is 6.25. The van der Waals surface area contributed by atoms with Crippen LogP contribution < -0.4 is 10.6 Å². The Hall–Kier alpha value is -2.31. The van der Waals surface area contributed by atoms with E-state index in [4.69, 9.17) is 4.42 Å². The van der Waals surface area contributed by atoms with E-state index in [1.807, 2.05) is 24.7 Å². The zero-order valence-corrected chi connectivity index (χ0v) is 16.0. The molecule has 2 aromatic rings. The molecule has 2 heterocycles. The number of aromatic nitrogens is 3. The average Bonchev–Trinajstić information content (AvgIpc) is 3.17. The summed E-state index contributed by atoms with van der Waals surface area (Å²) in [6, 6.07) is 0. The molecule has 0 aliphatic heterocycles. The molecule has 2 aromatic heterocycles. The van der Waals surface area contributed by atoms with Crippen LogP contribution in [0.1, 0.15) is 51.3 Å². The van der Waals surface area contributed by atoms with Gasteiger partial charge in [-0.2, -0.15) is 5.10 Å². The van der Waals surface area contributed by atoms with Gasteiger partial charge in [-0.1, -0.05) is 20.8 Å². The molecule has 0 aromatic carbocycles. The topological polar surface area (TPSA) is 80.3 Å². The molecule has 0 aliphatic rings. The smallest absolute Gasteiger partial charge is 0.216 e. The molecular weight excluding hydrogens is 316 g/mol. The molecule has 7 nitrogen and oxygen atoms in total. The quantitative estimate of drug-likeness (QED) is 0.458. The van der Waals surface area contributed by atoms with Gasteiger partial charge < -0.3 is 15.1 Å². The minimum absolute atomic E-state index is 0.0391. The highest BCUT2D eigenvalue weighted by Gasteiger charge is 2.18. The van der Waals surface area contributed by atoms with Gasteiger partial charge in [0, 0.05) is 31.2 Å². The SMILES string of the molecule is CCNC(=NCc1ncc(C(C)(C)C)o1)NCCCn1cc(C)cn1. The maximum absolute atomic E-state index is 5.78. The van der Waals surface area contributed by atoms with Crippen LogP contribution in [0, 0.1) is 6.92 Å². The molecule has 138 valence electrons. The first-order valence-electron chi connectivity index (χ1n) is 8.85. The van der Waals surface area contributed by atoms with Crippen molar-refractivity contribution in [3.8, 4) is 0 Å². The molecule has 0 spiro atoms. The molecule has 0 saturated heterocycles. The zero-order chi connectivity index (χ0) is 18.3. The number of oxazole rings is 1. The number of guanidine groups is 1. The average molecular weight is 346 g/mol. The van der Waals surface area contributed by atoms with Gasteiger partial charge in [-0.3, -0.25) is 4.68 Å². The molecule has 2 N–H and O–H groups in total. The molecule has 0 saturated carbocycles. The highest BCUT2D eigenvalue weighted by molar-refractivity contribution is 5.79. The van der Waals surface area contributed by atoms with E-state index < -0.39 is 0 Å². The Kier molecular flexibility index (Phi) is 6.61. The number of aliphatic imine (C=N–C) groups is 1. The van der Waals surface area contributed by atoms with Crippen LogP contribution in [0.2, 0.25) is 0 Å². The van der Waals surface area contributed by atoms with E-state index in [0.717, 1.165) is 37.8 Å². The van der Waals surface area contributed by atoms with Crippen molar-refractivity contribution >= 4 is 5.96 Å². The lowest BCUT2D eigenvalue weighted by atomic mass is 9.94. The first-order chi connectivity index (χ1) is 11.9. The Balaban J connectivity index is 1.82. The summed E-state index contributed by atoms with van der Waals surface area (Å²) in [6.45, 7) is 13.3. The molecule has 0 atom stereocenters. The molecule has 2 rings (SSSR count). The van der Waals surface area contributed by atoms with Gasteiger partial charge in [-0.25, -0.2) is 9.98 Å². The third-order valence-electron chi connectivity index (χ3n) is 3.63. The van der Waals surface area contributed by atoms with Crippen LogP contribution in [0.4, 0.5) is 0 Å². The van der Waals surface area contributed by atoms with E-state index in [9.17, 15) is 0 Å². The lowest BCUT2D eigenvalue weighted by Crippen LogP contribution is -2.38. The van der Waals surface area contributed by atoms with Crippen LogP contribution in [0.3, 0.4) is 0 Å². The van der Waals surface area contributed by atoms with E-state index in [-0.39, 0.29) is 5.41 Å². The minimum Gasteiger partial charge on any atom is -0.443 e. The second kappa shape index (κ2) is 8.69. The monoisotopic (exact) mass is 346 g/mol. The lowest BCUT2D eigenvalue weighted by molar-refractivity contribution is 0.383. The van der Waals surface area contributed by atoms with Crippen molar-refractivity contribution in [3.63, 3.8) is 0 Å². The van der Waals surface area contributed by atoms with Gasteiger partial charge in [0.1, 0.15) is 12.3 Å². The zero-order valence-electron chi connectivity index (χ0n) is 16.0. The van der Waals surface area contributed by atoms with Crippen LogP contribution in [-0.4, -0.2) is 33.8 Å². The number of aryl methyl sites for hydroxylation is 2. The Morgan fingerprint density at radius 2 is 2.08 bits per heavy atom. The molecule has 0 aliphatic carbocycles. The van der Waals surface area contributed by atoms with Crippen LogP contribution in [0.5, 0.6) is 0 Å². The third-order valence-corrected chi connectivity index (χ3v) is 3.63. The number of nitrogens with one attached hydrogen (secondary N) is 2. The Morgan fingerprint density at radius 3 is 2.68 bits per heavy atom. The summed E-state index contributed by atoms with van der Waals surface area (Å²) in [4.78, 5) is 8.86. The maximum atomic E-state index is 5.78. The van der Waals surface area contributed by atoms with Crippen molar-refractivity contribution in [1.82, 2.24) is 25.4 Å². The first-order valence-corrected chi connectivity index (χ1v) is 8.85. The van der Waals surface area contributed by atoms with E-state index in [2.05, 4.69) is 52.7 Å². The number of nitrogens with zero attached hydrogens (tertiary/aromatic N) is 4. The van der Waals surface area contributed by atoms with Crippen molar-refractivity contribution in [2.45, 2.75) is 59.5 Å². The van der Waals surface area contributed by atoms with Crippen molar-refractivity contribution in [2.24, 2.45) is 4.99 Å². The molecular formula is C18H30N6O. The van der Waals surface area contributed by atoms with E-state index in [1.54, 1.807) is 6.20 Å². The lowest BCUT2D eigenvalue weighted by Gasteiger charge is -2.13. The fourth-order valence-corrected chi connectivity index (χ4v) is 2.26. The highest BCUT2D eigenvalue weighted by Crippen LogP contribution is 2.22. The predicted molar refractivity (Wildman–Crippen MR) is 99.6 cm³/mol. The largest absolute Gasteiger partial charge is 0.443 e. The van der Waals surface area contributed by atoms with E-state index in [1.165, 1.54) is 5.56 Å². The first kappa shape index (κ1) is 19.0. The fraction of sp³-hybridized carbons (Fsp3) is 0.611. The van der Waals surface area contributed by atoms with Crippen molar-refractivity contribution in [3.05, 3.63) is 35.8 Å². The fourth-order valence-electron chi connectivity index (χ4n) is 2.26. The Morgan fingerprint density at radius 1 is 1.28 bits per heavy atom. The number of rotatable bonds is 7. The van der Waals surface area contributed by atoms with Gasteiger partial charge in [0.25, 0.3) is 0 Å². The molecule has 0 fully saturated rings.